The van der Waals surface area contributed by atoms with Crippen molar-refractivity contribution < 1.29 is 9.13 Å². The fourth-order valence-electron chi connectivity index (χ4n) is 1.57. The molecule has 1 heterocycles. The zero-order valence-electron chi connectivity index (χ0n) is 8.97. The van der Waals surface area contributed by atoms with E-state index in [0.717, 1.165) is 11.4 Å². The van der Waals surface area contributed by atoms with Gasteiger partial charge in [-0.2, -0.15) is 0 Å². The molecule has 2 rings (SSSR count). The predicted molar refractivity (Wildman–Crippen MR) is 62.5 cm³/mol. The van der Waals surface area contributed by atoms with Crippen molar-refractivity contribution in [1.29, 1.82) is 0 Å². The summed E-state index contributed by atoms with van der Waals surface area (Å²) < 4.78 is 18.6. The third-order valence-corrected chi connectivity index (χ3v) is 2.65. The Hall–Kier alpha value is -1.48. The van der Waals surface area contributed by atoms with Crippen LogP contribution in [0.4, 0.5) is 4.39 Å². The Morgan fingerprint density at radius 1 is 1.31 bits per heavy atom. The third kappa shape index (κ3) is 1.91. The number of H-pyrrole nitrogens is 1. The molecule has 84 valence electrons. The Bertz CT molecular complexity index is 522. The number of nitrogens with one attached hydrogen (secondary N) is 1. The standard InChI is InChI=1S/C12H11ClFNO/c1-7-3-4-11(15-7)8-5-10(14)9(13)6-12(8)16-2/h3-6,15H,1-2H3. The monoisotopic (exact) mass is 239 g/mol. The highest BCUT2D eigenvalue weighted by Gasteiger charge is 2.11. The molecule has 0 spiro atoms. The fraction of sp³-hybridized carbons (Fsp3) is 0.167. The molecule has 1 aromatic carbocycles. The summed E-state index contributed by atoms with van der Waals surface area (Å²) in [5.41, 5.74) is 2.48. The van der Waals surface area contributed by atoms with Crippen molar-refractivity contribution in [2.45, 2.75) is 6.92 Å². The first kappa shape index (κ1) is 11.0. The van der Waals surface area contributed by atoms with E-state index in [2.05, 4.69) is 4.98 Å². The molecule has 0 fully saturated rings. The highest BCUT2D eigenvalue weighted by molar-refractivity contribution is 6.31. The lowest BCUT2D eigenvalue weighted by Crippen LogP contribution is -1.90. The van der Waals surface area contributed by atoms with Gasteiger partial charge < -0.3 is 9.72 Å². The molecular weight excluding hydrogens is 229 g/mol. The van der Waals surface area contributed by atoms with Crippen molar-refractivity contribution in [1.82, 2.24) is 4.98 Å². The van der Waals surface area contributed by atoms with Crippen LogP contribution in [0.3, 0.4) is 0 Å². The van der Waals surface area contributed by atoms with Crippen LogP contribution in [0.2, 0.25) is 5.02 Å². The molecule has 1 N–H and O–H groups in total. The van der Waals surface area contributed by atoms with E-state index >= 15 is 0 Å². The second-order valence-electron chi connectivity index (χ2n) is 3.52. The minimum absolute atomic E-state index is 0.0591. The number of methoxy groups -OCH3 is 1. The Labute approximate surface area is 98.0 Å². The smallest absolute Gasteiger partial charge is 0.142 e. The molecule has 0 aliphatic carbocycles. The average molecular weight is 240 g/mol. The SMILES string of the molecule is COc1cc(Cl)c(F)cc1-c1ccc(C)[nH]1. The van der Waals surface area contributed by atoms with Gasteiger partial charge in [0.2, 0.25) is 0 Å². The topological polar surface area (TPSA) is 25.0 Å². The molecule has 0 aliphatic rings. The molecule has 1 aromatic heterocycles. The molecule has 2 aromatic rings. The summed E-state index contributed by atoms with van der Waals surface area (Å²) >= 11 is 5.69. The molecule has 0 radical (unpaired) electrons. The molecule has 0 atom stereocenters. The van der Waals surface area contributed by atoms with E-state index in [-0.39, 0.29) is 5.02 Å². The summed E-state index contributed by atoms with van der Waals surface area (Å²) in [5, 5.41) is 0.0591. The first-order chi connectivity index (χ1) is 7.61. The number of hydrogen-bond acceptors (Lipinski definition) is 1. The van der Waals surface area contributed by atoms with Crippen LogP contribution in [0.15, 0.2) is 24.3 Å². The van der Waals surface area contributed by atoms with Gasteiger partial charge in [-0.05, 0) is 25.1 Å². The van der Waals surface area contributed by atoms with E-state index in [0.29, 0.717) is 11.3 Å². The van der Waals surface area contributed by atoms with Gasteiger partial charge in [0.15, 0.2) is 0 Å². The van der Waals surface area contributed by atoms with Crippen LogP contribution < -0.4 is 4.74 Å². The van der Waals surface area contributed by atoms with Gasteiger partial charge in [-0.3, -0.25) is 0 Å². The minimum Gasteiger partial charge on any atom is -0.496 e. The van der Waals surface area contributed by atoms with Crippen molar-refractivity contribution in [3.8, 4) is 17.0 Å². The second-order valence-corrected chi connectivity index (χ2v) is 3.93. The summed E-state index contributed by atoms with van der Waals surface area (Å²) in [6.45, 7) is 1.93. The quantitative estimate of drug-likeness (QED) is 0.847. The van der Waals surface area contributed by atoms with Gasteiger partial charge in [-0.1, -0.05) is 11.6 Å². The summed E-state index contributed by atoms with van der Waals surface area (Å²) in [6.07, 6.45) is 0. The Kier molecular flexibility index (Phi) is 2.88. The molecule has 0 amide bonds. The molecule has 0 bridgehead atoms. The van der Waals surface area contributed by atoms with E-state index in [4.69, 9.17) is 16.3 Å². The van der Waals surface area contributed by atoms with Gasteiger partial charge >= 0.3 is 0 Å². The van der Waals surface area contributed by atoms with Crippen molar-refractivity contribution in [3.05, 3.63) is 40.8 Å². The highest BCUT2D eigenvalue weighted by Crippen LogP contribution is 2.33. The van der Waals surface area contributed by atoms with Crippen LogP contribution >= 0.6 is 11.6 Å². The molecule has 2 nitrogen and oxygen atoms in total. The minimum atomic E-state index is -0.454. The fourth-order valence-corrected chi connectivity index (χ4v) is 1.72. The van der Waals surface area contributed by atoms with Gasteiger partial charge in [-0.15, -0.1) is 0 Å². The lowest BCUT2D eigenvalue weighted by molar-refractivity contribution is 0.415. The van der Waals surface area contributed by atoms with E-state index in [1.165, 1.54) is 19.2 Å². The molecule has 0 saturated heterocycles. The Morgan fingerprint density at radius 2 is 2.06 bits per heavy atom. The van der Waals surface area contributed by atoms with Gasteiger partial charge in [0.1, 0.15) is 11.6 Å². The van der Waals surface area contributed by atoms with E-state index in [1.54, 1.807) is 0 Å². The van der Waals surface area contributed by atoms with Crippen LogP contribution in [-0.4, -0.2) is 12.1 Å². The largest absolute Gasteiger partial charge is 0.496 e. The lowest BCUT2D eigenvalue weighted by atomic mass is 10.1. The number of aromatic amines is 1. The number of halogens is 2. The molecule has 0 saturated carbocycles. The zero-order chi connectivity index (χ0) is 11.7. The molecular formula is C12H11ClFNO. The van der Waals surface area contributed by atoms with Crippen molar-refractivity contribution in [2.75, 3.05) is 7.11 Å². The summed E-state index contributed by atoms with van der Waals surface area (Å²) in [5.74, 6) is 0.0953. The Balaban J connectivity index is 2.59. The Morgan fingerprint density at radius 3 is 2.62 bits per heavy atom. The zero-order valence-corrected chi connectivity index (χ0v) is 9.73. The number of rotatable bonds is 2. The maximum atomic E-state index is 13.4. The second kappa shape index (κ2) is 4.18. The third-order valence-electron chi connectivity index (χ3n) is 2.36. The van der Waals surface area contributed by atoms with Gasteiger partial charge in [0.05, 0.1) is 12.1 Å². The summed E-state index contributed by atoms with van der Waals surface area (Å²) in [4.78, 5) is 3.12. The van der Waals surface area contributed by atoms with Crippen LogP contribution in [0, 0.1) is 12.7 Å². The number of aryl methyl sites for hydroxylation is 1. The van der Waals surface area contributed by atoms with Crippen LogP contribution in [0.25, 0.3) is 11.3 Å². The van der Waals surface area contributed by atoms with Crippen LogP contribution in [0.1, 0.15) is 5.69 Å². The maximum Gasteiger partial charge on any atom is 0.142 e. The number of ether oxygens (including phenoxy) is 1. The van der Waals surface area contributed by atoms with E-state index in [1.807, 2.05) is 19.1 Å². The van der Waals surface area contributed by atoms with Crippen molar-refractivity contribution in [2.24, 2.45) is 0 Å². The van der Waals surface area contributed by atoms with E-state index in [9.17, 15) is 4.39 Å². The molecule has 4 heteroatoms. The number of hydrogen-bond donors (Lipinski definition) is 1. The highest BCUT2D eigenvalue weighted by atomic mass is 35.5. The van der Waals surface area contributed by atoms with Crippen molar-refractivity contribution in [3.63, 3.8) is 0 Å². The first-order valence-corrected chi connectivity index (χ1v) is 5.18. The molecule has 0 aliphatic heterocycles. The summed E-state index contributed by atoms with van der Waals surface area (Å²) in [6, 6.07) is 6.64. The lowest BCUT2D eigenvalue weighted by Gasteiger charge is -2.08. The number of benzene rings is 1. The predicted octanol–water partition coefficient (Wildman–Crippen LogP) is 3.79. The van der Waals surface area contributed by atoms with Gasteiger partial charge in [0, 0.05) is 23.0 Å². The van der Waals surface area contributed by atoms with Gasteiger partial charge in [-0.25, -0.2) is 4.39 Å². The van der Waals surface area contributed by atoms with Crippen molar-refractivity contribution >= 4 is 11.6 Å². The maximum absolute atomic E-state index is 13.4. The molecule has 0 unspecified atom stereocenters. The van der Waals surface area contributed by atoms with Crippen LogP contribution in [0.5, 0.6) is 5.75 Å². The molecule has 16 heavy (non-hydrogen) atoms. The van der Waals surface area contributed by atoms with Crippen LogP contribution in [-0.2, 0) is 0 Å². The summed E-state index contributed by atoms with van der Waals surface area (Å²) in [7, 11) is 1.53. The van der Waals surface area contributed by atoms with E-state index < -0.39 is 5.82 Å². The van der Waals surface area contributed by atoms with Gasteiger partial charge in [0.25, 0.3) is 0 Å². The normalized spacial score (nSPS) is 10.5. The average Bonchev–Trinajstić information content (AvgIpc) is 2.68. The first-order valence-electron chi connectivity index (χ1n) is 4.81. The number of aromatic nitrogens is 1.